The lowest BCUT2D eigenvalue weighted by Crippen LogP contribution is -2.32. The molecule has 0 radical (unpaired) electrons. The average Bonchev–Trinajstić information content (AvgIpc) is 3.16. The third-order valence-electron chi connectivity index (χ3n) is 4.07. The number of nitrogens with zero attached hydrogens (tertiary/aromatic N) is 4. The lowest BCUT2D eigenvalue weighted by molar-refractivity contribution is -0.0585. The molecular formula is C18H12N4O4. The fourth-order valence-corrected chi connectivity index (χ4v) is 2.74. The molecular weight excluding hydrogens is 336 g/mol. The summed E-state index contributed by atoms with van der Waals surface area (Å²) < 4.78 is 1.54. The molecule has 26 heavy (non-hydrogen) atoms. The van der Waals surface area contributed by atoms with Crippen LogP contribution >= 0.6 is 0 Å². The Labute approximate surface area is 147 Å². The van der Waals surface area contributed by atoms with Crippen LogP contribution in [-0.2, 0) is 4.84 Å². The number of carbonyl (C=O) groups excluding carboxylic acids is 3. The van der Waals surface area contributed by atoms with Crippen LogP contribution in [0.2, 0.25) is 0 Å². The van der Waals surface area contributed by atoms with E-state index in [2.05, 4.69) is 10.1 Å². The summed E-state index contributed by atoms with van der Waals surface area (Å²) in [4.78, 5) is 46.0. The van der Waals surface area contributed by atoms with Gasteiger partial charge in [-0.05, 0) is 31.2 Å². The summed E-state index contributed by atoms with van der Waals surface area (Å²) in [6, 6.07) is 9.77. The molecule has 0 N–H and O–H groups in total. The van der Waals surface area contributed by atoms with Crippen LogP contribution in [0.4, 0.5) is 0 Å². The van der Waals surface area contributed by atoms with Crippen LogP contribution in [0.25, 0.3) is 5.69 Å². The first kappa shape index (κ1) is 15.7. The van der Waals surface area contributed by atoms with Gasteiger partial charge in [0.1, 0.15) is 5.56 Å². The summed E-state index contributed by atoms with van der Waals surface area (Å²) in [6.07, 6.45) is 4.54. The van der Waals surface area contributed by atoms with Crippen molar-refractivity contribution in [3.05, 3.63) is 77.4 Å². The van der Waals surface area contributed by atoms with Crippen molar-refractivity contribution in [3.8, 4) is 5.69 Å². The number of fused-ring (bicyclic) bond motifs is 1. The highest BCUT2D eigenvalue weighted by atomic mass is 16.7. The zero-order valence-electron chi connectivity index (χ0n) is 13.6. The van der Waals surface area contributed by atoms with Gasteiger partial charge in [-0.2, -0.15) is 5.10 Å². The maximum Gasteiger partial charge on any atom is 0.367 e. The molecule has 3 heterocycles. The Morgan fingerprint density at radius 3 is 2.23 bits per heavy atom. The lowest BCUT2D eigenvalue weighted by Gasteiger charge is -2.12. The third kappa shape index (κ3) is 2.35. The van der Waals surface area contributed by atoms with Gasteiger partial charge in [0, 0.05) is 12.4 Å². The fourth-order valence-electron chi connectivity index (χ4n) is 2.74. The molecule has 0 saturated heterocycles. The predicted molar refractivity (Wildman–Crippen MR) is 88.5 cm³/mol. The number of aromatic nitrogens is 3. The summed E-state index contributed by atoms with van der Waals surface area (Å²) >= 11 is 0. The number of hydrogen-bond donors (Lipinski definition) is 0. The summed E-state index contributed by atoms with van der Waals surface area (Å²) in [6.45, 7) is 1.69. The Balaban J connectivity index is 1.60. The van der Waals surface area contributed by atoms with Crippen molar-refractivity contribution in [1.29, 1.82) is 0 Å². The highest BCUT2D eigenvalue weighted by Crippen LogP contribution is 2.24. The number of pyridine rings is 1. The zero-order valence-corrected chi connectivity index (χ0v) is 13.6. The molecule has 3 aromatic rings. The fraction of sp³-hybridized carbons (Fsp3) is 0.0556. The van der Waals surface area contributed by atoms with Crippen molar-refractivity contribution in [2.24, 2.45) is 0 Å². The van der Waals surface area contributed by atoms with Crippen molar-refractivity contribution in [2.75, 3.05) is 0 Å². The number of carbonyl (C=O) groups is 3. The second-order valence-corrected chi connectivity index (χ2v) is 5.59. The van der Waals surface area contributed by atoms with Gasteiger partial charge in [-0.25, -0.2) is 9.48 Å². The van der Waals surface area contributed by atoms with E-state index in [1.807, 2.05) is 0 Å². The summed E-state index contributed by atoms with van der Waals surface area (Å²) in [7, 11) is 0. The van der Waals surface area contributed by atoms with Crippen molar-refractivity contribution in [2.45, 2.75) is 6.92 Å². The van der Waals surface area contributed by atoms with Gasteiger partial charge in [0.2, 0.25) is 0 Å². The van der Waals surface area contributed by atoms with Gasteiger partial charge in [0.25, 0.3) is 11.8 Å². The number of imide groups is 1. The molecule has 2 amide bonds. The van der Waals surface area contributed by atoms with Gasteiger partial charge < -0.3 is 4.84 Å². The van der Waals surface area contributed by atoms with Crippen LogP contribution in [0.5, 0.6) is 0 Å². The maximum atomic E-state index is 12.5. The number of benzene rings is 1. The average molecular weight is 348 g/mol. The standard InChI is InChI=1S/C18H12N4O4/c1-11-15(10-20-21(11)12-6-8-19-9-7-12)18(25)26-22-16(23)13-4-2-3-5-14(13)17(22)24/h2-10H,1H3. The first-order chi connectivity index (χ1) is 12.6. The predicted octanol–water partition coefficient (Wildman–Crippen LogP) is 1.94. The van der Waals surface area contributed by atoms with E-state index in [1.54, 1.807) is 48.3 Å². The normalized spacial score (nSPS) is 13.0. The molecule has 0 aliphatic carbocycles. The van der Waals surface area contributed by atoms with Gasteiger partial charge in [0.15, 0.2) is 0 Å². The minimum atomic E-state index is -0.836. The molecule has 0 atom stereocenters. The molecule has 0 fully saturated rings. The molecule has 1 aromatic carbocycles. The second kappa shape index (κ2) is 5.92. The minimum Gasteiger partial charge on any atom is -0.324 e. The minimum absolute atomic E-state index is 0.151. The van der Waals surface area contributed by atoms with Crippen molar-refractivity contribution < 1.29 is 19.2 Å². The second-order valence-electron chi connectivity index (χ2n) is 5.59. The molecule has 4 rings (SSSR count). The van der Waals surface area contributed by atoms with Crippen LogP contribution in [0.1, 0.15) is 36.8 Å². The first-order valence-electron chi connectivity index (χ1n) is 7.73. The van der Waals surface area contributed by atoms with E-state index in [9.17, 15) is 14.4 Å². The van der Waals surface area contributed by atoms with Crippen LogP contribution in [0.3, 0.4) is 0 Å². The molecule has 8 nitrogen and oxygen atoms in total. The quantitative estimate of drug-likeness (QED) is 0.672. The molecule has 0 saturated carbocycles. The van der Waals surface area contributed by atoms with Gasteiger partial charge in [-0.1, -0.05) is 17.2 Å². The van der Waals surface area contributed by atoms with Crippen LogP contribution < -0.4 is 0 Å². The van der Waals surface area contributed by atoms with Crippen molar-refractivity contribution >= 4 is 17.8 Å². The Bertz CT molecular complexity index is 1010. The molecule has 1 aliphatic rings. The highest BCUT2D eigenvalue weighted by molar-refractivity contribution is 6.21. The van der Waals surface area contributed by atoms with E-state index in [0.717, 1.165) is 5.69 Å². The topological polar surface area (TPSA) is 94.4 Å². The van der Waals surface area contributed by atoms with Crippen LogP contribution in [0.15, 0.2) is 55.0 Å². The summed E-state index contributed by atoms with van der Waals surface area (Å²) in [5.41, 5.74) is 1.79. The van der Waals surface area contributed by atoms with E-state index < -0.39 is 17.8 Å². The first-order valence-corrected chi connectivity index (χ1v) is 7.73. The number of rotatable bonds is 3. The lowest BCUT2D eigenvalue weighted by atomic mass is 10.1. The third-order valence-corrected chi connectivity index (χ3v) is 4.07. The van der Waals surface area contributed by atoms with E-state index in [0.29, 0.717) is 10.8 Å². The molecule has 1 aliphatic heterocycles. The van der Waals surface area contributed by atoms with E-state index in [4.69, 9.17) is 4.84 Å². The van der Waals surface area contributed by atoms with E-state index >= 15 is 0 Å². The zero-order chi connectivity index (χ0) is 18.3. The van der Waals surface area contributed by atoms with E-state index in [-0.39, 0.29) is 16.7 Å². The molecule has 128 valence electrons. The summed E-state index contributed by atoms with van der Waals surface area (Å²) in [5.74, 6) is -2.17. The Morgan fingerprint density at radius 1 is 1.00 bits per heavy atom. The van der Waals surface area contributed by atoms with E-state index in [1.165, 1.54) is 18.3 Å². The monoisotopic (exact) mass is 348 g/mol. The van der Waals surface area contributed by atoms with Gasteiger partial charge in [-0.3, -0.25) is 14.6 Å². The summed E-state index contributed by atoms with van der Waals surface area (Å²) in [5, 5.41) is 4.64. The molecule has 0 unspecified atom stereocenters. The van der Waals surface area contributed by atoms with Crippen LogP contribution in [-0.4, -0.2) is 37.6 Å². The van der Waals surface area contributed by atoms with Crippen LogP contribution in [0, 0.1) is 6.92 Å². The number of hydrogen-bond acceptors (Lipinski definition) is 6. The molecule has 2 aromatic heterocycles. The van der Waals surface area contributed by atoms with Gasteiger partial charge in [-0.15, -0.1) is 0 Å². The van der Waals surface area contributed by atoms with Crippen molar-refractivity contribution in [3.63, 3.8) is 0 Å². The van der Waals surface area contributed by atoms with Gasteiger partial charge in [0.05, 0.1) is 28.7 Å². The molecule has 0 spiro atoms. The highest BCUT2D eigenvalue weighted by Gasteiger charge is 2.39. The smallest absolute Gasteiger partial charge is 0.324 e. The Morgan fingerprint density at radius 2 is 1.62 bits per heavy atom. The maximum absolute atomic E-state index is 12.5. The SMILES string of the molecule is Cc1c(C(=O)ON2C(=O)c3ccccc3C2=O)cnn1-c1ccncc1. The van der Waals surface area contributed by atoms with Gasteiger partial charge >= 0.3 is 5.97 Å². The number of hydroxylamine groups is 2. The largest absolute Gasteiger partial charge is 0.367 e. The Hall–Kier alpha value is -3.81. The molecule has 0 bridgehead atoms. The van der Waals surface area contributed by atoms with Crippen molar-refractivity contribution in [1.82, 2.24) is 19.8 Å². The Kier molecular flexibility index (Phi) is 3.58. The number of amides is 2. The molecule has 8 heteroatoms.